The van der Waals surface area contributed by atoms with Gasteiger partial charge in [-0.3, -0.25) is 9.59 Å². The Morgan fingerprint density at radius 1 is 1.00 bits per heavy atom. The van der Waals surface area contributed by atoms with Gasteiger partial charge in [-0.25, -0.2) is 9.13 Å². The van der Waals surface area contributed by atoms with Gasteiger partial charge in [0.15, 0.2) is 0 Å². The van der Waals surface area contributed by atoms with E-state index in [0.29, 0.717) is 28.4 Å². The number of imidazole rings is 1. The Morgan fingerprint density at radius 3 is 2.12 bits per heavy atom. The molecule has 5 heteroatoms. The van der Waals surface area contributed by atoms with E-state index in [1.54, 1.807) is 0 Å². The molecule has 3 aromatic rings. The van der Waals surface area contributed by atoms with Crippen molar-refractivity contribution in [1.29, 1.82) is 0 Å². The summed E-state index contributed by atoms with van der Waals surface area (Å²) in [5, 5.41) is 1.98. The van der Waals surface area contributed by atoms with Crippen LogP contribution in [-0.4, -0.2) is 16.1 Å². The number of aromatic nitrogens is 2. The molecule has 25 heavy (non-hydrogen) atoms. The largest absolute Gasteiger partial charge is 1.00 e. The van der Waals surface area contributed by atoms with Gasteiger partial charge in [0.05, 0.1) is 20.0 Å². The summed E-state index contributed by atoms with van der Waals surface area (Å²) in [5.74, 6) is 1.46. The molecule has 0 spiro atoms. The van der Waals surface area contributed by atoms with Crippen molar-refractivity contribution in [2.24, 2.45) is 14.1 Å². The van der Waals surface area contributed by atoms with Crippen molar-refractivity contribution in [3.8, 4) is 0 Å². The monoisotopic (exact) mass is 444 g/mol. The van der Waals surface area contributed by atoms with Gasteiger partial charge in [0, 0.05) is 11.1 Å². The Morgan fingerprint density at radius 2 is 1.56 bits per heavy atom. The first-order valence-corrected chi connectivity index (χ1v) is 8.28. The molecule has 1 heterocycles. The molecule has 1 aromatic heterocycles. The van der Waals surface area contributed by atoms with E-state index in [9.17, 15) is 9.59 Å². The fourth-order valence-electron chi connectivity index (χ4n) is 4.05. The number of hydrogen-bond donors (Lipinski definition) is 0. The Bertz CT molecular complexity index is 999. The highest BCUT2D eigenvalue weighted by Gasteiger charge is 2.46. The maximum Gasteiger partial charge on any atom is 0.260 e. The smallest absolute Gasteiger partial charge is 0.260 e. The summed E-state index contributed by atoms with van der Waals surface area (Å²) in [7, 11) is 3.81. The highest BCUT2D eigenvalue weighted by Crippen LogP contribution is 2.40. The predicted molar refractivity (Wildman–Crippen MR) is 89.4 cm³/mol. The van der Waals surface area contributed by atoms with Gasteiger partial charge in [0.1, 0.15) is 0 Å². The molecule has 2 aliphatic rings. The number of ketones is 2. The molecule has 0 radical (unpaired) electrons. The third-order valence-electron chi connectivity index (χ3n) is 5.33. The maximum absolute atomic E-state index is 13.1. The minimum absolute atomic E-state index is 0. The van der Waals surface area contributed by atoms with Gasteiger partial charge in [-0.2, -0.15) is 0 Å². The van der Waals surface area contributed by atoms with Gasteiger partial charge >= 0.3 is 0 Å². The first kappa shape index (κ1) is 16.4. The Kier molecular flexibility index (Phi) is 3.61. The summed E-state index contributed by atoms with van der Waals surface area (Å²) in [5.41, 5.74) is 2.11. The van der Waals surface area contributed by atoms with Crippen LogP contribution in [0, 0.1) is 0 Å². The second-order valence-corrected chi connectivity index (χ2v) is 6.85. The SMILES string of the molecule is Cn1c2c([n+](C)c1C1CC1)C(=O)c1cc3ccccc3cc1C2=O.[I-]. The van der Waals surface area contributed by atoms with Crippen LogP contribution in [0.15, 0.2) is 36.4 Å². The van der Waals surface area contributed by atoms with Crippen LogP contribution < -0.4 is 28.5 Å². The lowest BCUT2D eigenvalue weighted by atomic mass is 9.87. The van der Waals surface area contributed by atoms with E-state index in [1.807, 2.05) is 59.6 Å². The summed E-state index contributed by atoms with van der Waals surface area (Å²) >= 11 is 0. The molecular formula is C20H17IN2O2. The molecule has 1 saturated carbocycles. The van der Waals surface area contributed by atoms with E-state index in [0.717, 1.165) is 29.4 Å². The predicted octanol–water partition coefficient (Wildman–Crippen LogP) is -0.340. The molecule has 2 aliphatic carbocycles. The number of benzene rings is 2. The summed E-state index contributed by atoms with van der Waals surface area (Å²) in [6, 6.07) is 11.6. The van der Waals surface area contributed by atoms with Gasteiger partial charge in [0.25, 0.3) is 5.82 Å². The number of carbonyl (C=O) groups excluding carboxylic acids is 2. The molecule has 0 unspecified atom stereocenters. The van der Waals surface area contributed by atoms with Crippen LogP contribution in [0.5, 0.6) is 0 Å². The number of halogens is 1. The Balaban J connectivity index is 0.00000157. The zero-order chi connectivity index (χ0) is 16.6. The highest BCUT2D eigenvalue weighted by molar-refractivity contribution is 6.27. The van der Waals surface area contributed by atoms with Crippen molar-refractivity contribution < 1.29 is 38.1 Å². The van der Waals surface area contributed by atoms with E-state index in [2.05, 4.69) is 0 Å². The van der Waals surface area contributed by atoms with Gasteiger partial charge < -0.3 is 24.0 Å². The normalized spacial score (nSPS) is 15.8. The zero-order valence-electron chi connectivity index (χ0n) is 14.0. The first-order valence-electron chi connectivity index (χ1n) is 8.28. The van der Waals surface area contributed by atoms with Crippen molar-refractivity contribution >= 4 is 22.3 Å². The molecule has 2 aromatic carbocycles. The highest BCUT2D eigenvalue weighted by atomic mass is 127. The minimum atomic E-state index is -0.0460. The van der Waals surface area contributed by atoms with Gasteiger partial charge in [-0.1, -0.05) is 24.3 Å². The molecule has 0 bridgehead atoms. The standard InChI is InChI=1S/C20H17N2O2.HI/c1-21-16-17(22(2)20(21)11-7-8-11)19(24)15-10-13-6-4-3-5-12(13)9-14(15)18(16)23;/h3-6,9-11H,7-8H2,1-2H3;1H/q+1;/p-1. The minimum Gasteiger partial charge on any atom is -1.00 e. The number of rotatable bonds is 1. The summed E-state index contributed by atoms with van der Waals surface area (Å²) in [6.45, 7) is 0. The average molecular weight is 444 g/mol. The molecule has 0 amide bonds. The van der Waals surface area contributed by atoms with E-state index >= 15 is 0 Å². The van der Waals surface area contributed by atoms with Crippen LogP contribution in [0.25, 0.3) is 10.8 Å². The number of hydrogen-bond acceptors (Lipinski definition) is 2. The van der Waals surface area contributed by atoms with Gasteiger partial charge in [0.2, 0.25) is 23.0 Å². The molecule has 0 N–H and O–H groups in total. The van der Waals surface area contributed by atoms with Crippen molar-refractivity contribution in [2.45, 2.75) is 18.8 Å². The van der Waals surface area contributed by atoms with E-state index in [-0.39, 0.29) is 35.5 Å². The van der Waals surface area contributed by atoms with E-state index in [1.165, 1.54) is 0 Å². The molecule has 4 nitrogen and oxygen atoms in total. The molecular weight excluding hydrogens is 427 g/mol. The first-order chi connectivity index (χ1) is 11.6. The molecule has 0 saturated heterocycles. The number of carbonyl (C=O) groups is 2. The van der Waals surface area contributed by atoms with Crippen LogP contribution in [0.3, 0.4) is 0 Å². The van der Waals surface area contributed by atoms with Crippen molar-refractivity contribution in [3.63, 3.8) is 0 Å². The van der Waals surface area contributed by atoms with Crippen LogP contribution in [0.4, 0.5) is 0 Å². The third kappa shape index (κ3) is 2.14. The third-order valence-corrected chi connectivity index (χ3v) is 5.33. The molecule has 5 rings (SSSR count). The van der Waals surface area contributed by atoms with Crippen molar-refractivity contribution in [3.05, 3.63) is 64.7 Å². The maximum atomic E-state index is 13.1. The van der Waals surface area contributed by atoms with Crippen LogP contribution in [0.1, 0.15) is 56.7 Å². The fourth-order valence-corrected chi connectivity index (χ4v) is 4.05. The second-order valence-electron chi connectivity index (χ2n) is 6.85. The van der Waals surface area contributed by atoms with Gasteiger partial charge in [-0.05, 0) is 35.7 Å². The Hall–Kier alpha value is -2.02. The average Bonchev–Trinajstić information content (AvgIpc) is 3.37. The van der Waals surface area contributed by atoms with Crippen LogP contribution in [-0.2, 0) is 14.1 Å². The zero-order valence-corrected chi connectivity index (χ0v) is 16.2. The second kappa shape index (κ2) is 5.49. The summed E-state index contributed by atoms with van der Waals surface area (Å²) in [6.07, 6.45) is 2.26. The molecule has 0 atom stereocenters. The molecule has 126 valence electrons. The van der Waals surface area contributed by atoms with Crippen LogP contribution >= 0.6 is 0 Å². The lowest BCUT2D eigenvalue weighted by Gasteiger charge is -2.13. The van der Waals surface area contributed by atoms with Gasteiger partial charge in [-0.15, -0.1) is 0 Å². The van der Waals surface area contributed by atoms with E-state index in [4.69, 9.17) is 0 Å². The summed E-state index contributed by atoms with van der Waals surface area (Å²) in [4.78, 5) is 26.3. The molecule has 1 fully saturated rings. The lowest BCUT2D eigenvalue weighted by Crippen LogP contribution is -3.00. The number of fused-ring (bicyclic) bond motifs is 3. The van der Waals surface area contributed by atoms with Crippen LogP contribution in [0.2, 0.25) is 0 Å². The lowest BCUT2D eigenvalue weighted by molar-refractivity contribution is -0.680. The number of nitrogens with zero attached hydrogens (tertiary/aromatic N) is 2. The van der Waals surface area contributed by atoms with Crippen molar-refractivity contribution in [2.75, 3.05) is 0 Å². The van der Waals surface area contributed by atoms with E-state index < -0.39 is 0 Å². The van der Waals surface area contributed by atoms with Crippen molar-refractivity contribution in [1.82, 2.24) is 4.57 Å². The molecule has 0 aliphatic heterocycles. The topological polar surface area (TPSA) is 43.0 Å². The fraction of sp³-hybridized carbons (Fsp3) is 0.250. The quantitative estimate of drug-likeness (QED) is 0.298. The Labute approximate surface area is 162 Å². The summed E-state index contributed by atoms with van der Waals surface area (Å²) < 4.78 is 3.87.